The van der Waals surface area contributed by atoms with Crippen LogP contribution in [-0.4, -0.2) is 11.1 Å². The maximum atomic E-state index is 13.0. The van der Waals surface area contributed by atoms with Gasteiger partial charge in [-0.05, 0) is 18.2 Å². The zero-order valence-corrected chi connectivity index (χ0v) is 7.37. The summed E-state index contributed by atoms with van der Waals surface area (Å²) in [6.45, 7) is 0. The SMILES string of the molecule is N#C/C(=C\c1ccc(F)cc1F)C(=O)O. The fourth-order valence-corrected chi connectivity index (χ4v) is 0.916. The van der Waals surface area contributed by atoms with Crippen LogP contribution in [0.3, 0.4) is 0 Å². The smallest absolute Gasteiger partial charge is 0.346 e. The highest BCUT2D eigenvalue weighted by Gasteiger charge is 2.08. The molecule has 1 aromatic rings. The highest BCUT2D eigenvalue weighted by molar-refractivity contribution is 5.96. The lowest BCUT2D eigenvalue weighted by molar-refractivity contribution is -0.132. The number of nitrogens with zero attached hydrogens (tertiary/aromatic N) is 1. The maximum absolute atomic E-state index is 13.0. The zero-order chi connectivity index (χ0) is 11.4. The number of hydrogen-bond donors (Lipinski definition) is 1. The van der Waals surface area contributed by atoms with Gasteiger partial charge in [-0.2, -0.15) is 5.26 Å². The minimum Gasteiger partial charge on any atom is -0.477 e. The van der Waals surface area contributed by atoms with E-state index in [0.29, 0.717) is 6.07 Å². The van der Waals surface area contributed by atoms with E-state index >= 15 is 0 Å². The molecule has 0 aliphatic rings. The second kappa shape index (κ2) is 4.33. The van der Waals surface area contributed by atoms with E-state index in [9.17, 15) is 13.6 Å². The summed E-state index contributed by atoms with van der Waals surface area (Å²) >= 11 is 0. The molecular weight excluding hydrogens is 204 g/mol. The lowest BCUT2D eigenvalue weighted by Gasteiger charge is -1.96. The Labute approximate surface area is 83.9 Å². The molecule has 1 rings (SSSR count). The summed E-state index contributed by atoms with van der Waals surface area (Å²) in [5.41, 5.74) is -0.754. The van der Waals surface area contributed by atoms with Crippen molar-refractivity contribution in [2.75, 3.05) is 0 Å². The average Bonchev–Trinajstić information content (AvgIpc) is 2.16. The molecule has 0 atom stereocenters. The molecule has 0 fully saturated rings. The topological polar surface area (TPSA) is 61.1 Å². The Hall–Kier alpha value is -2.22. The number of nitriles is 1. The zero-order valence-electron chi connectivity index (χ0n) is 7.37. The van der Waals surface area contributed by atoms with Crippen molar-refractivity contribution in [3.05, 3.63) is 41.0 Å². The first-order chi connectivity index (χ1) is 7.04. The molecule has 0 spiro atoms. The van der Waals surface area contributed by atoms with E-state index in [-0.39, 0.29) is 5.56 Å². The van der Waals surface area contributed by atoms with E-state index in [1.54, 1.807) is 0 Å². The number of carboxylic acids is 1. The van der Waals surface area contributed by atoms with Gasteiger partial charge >= 0.3 is 5.97 Å². The molecule has 3 nitrogen and oxygen atoms in total. The van der Waals surface area contributed by atoms with E-state index < -0.39 is 23.2 Å². The van der Waals surface area contributed by atoms with Crippen LogP contribution in [0.15, 0.2) is 23.8 Å². The van der Waals surface area contributed by atoms with Crippen molar-refractivity contribution in [2.45, 2.75) is 0 Å². The highest BCUT2D eigenvalue weighted by Crippen LogP contribution is 2.13. The number of hydrogen-bond acceptors (Lipinski definition) is 2. The lowest BCUT2D eigenvalue weighted by Crippen LogP contribution is -1.98. The number of halogens is 2. The molecule has 0 radical (unpaired) electrons. The predicted octanol–water partition coefficient (Wildman–Crippen LogP) is 1.96. The standard InChI is InChI=1S/C10H5F2NO2/c11-8-2-1-6(9(12)4-8)3-7(5-13)10(14)15/h1-4H,(H,14,15)/b7-3+. The van der Waals surface area contributed by atoms with Crippen molar-refractivity contribution in [3.8, 4) is 6.07 Å². The molecule has 0 bridgehead atoms. The van der Waals surface area contributed by atoms with Crippen LogP contribution >= 0.6 is 0 Å². The van der Waals surface area contributed by atoms with Crippen molar-refractivity contribution in [1.82, 2.24) is 0 Å². The van der Waals surface area contributed by atoms with E-state index in [1.165, 1.54) is 6.07 Å². The predicted molar refractivity (Wildman–Crippen MR) is 47.6 cm³/mol. The third-order valence-corrected chi connectivity index (χ3v) is 1.61. The quantitative estimate of drug-likeness (QED) is 0.598. The Bertz CT molecular complexity index is 475. The van der Waals surface area contributed by atoms with E-state index in [0.717, 1.165) is 18.2 Å². The van der Waals surface area contributed by atoms with Crippen LogP contribution in [0.2, 0.25) is 0 Å². The third kappa shape index (κ3) is 2.61. The second-order valence-electron chi connectivity index (χ2n) is 2.64. The molecule has 76 valence electrons. The van der Waals surface area contributed by atoms with Gasteiger partial charge in [0.1, 0.15) is 23.3 Å². The third-order valence-electron chi connectivity index (χ3n) is 1.61. The molecule has 1 N–H and O–H groups in total. The molecule has 0 amide bonds. The summed E-state index contributed by atoms with van der Waals surface area (Å²) in [5, 5.41) is 16.9. The Morgan fingerprint density at radius 2 is 2.13 bits per heavy atom. The minimum atomic E-state index is -1.46. The Morgan fingerprint density at radius 3 is 2.60 bits per heavy atom. The van der Waals surface area contributed by atoms with Crippen molar-refractivity contribution >= 4 is 12.0 Å². The van der Waals surface area contributed by atoms with Gasteiger partial charge in [-0.1, -0.05) is 0 Å². The van der Waals surface area contributed by atoms with Gasteiger partial charge in [0.15, 0.2) is 0 Å². The molecule has 15 heavy (non-hydrogen) atoms. The summed E-state index contributed by atoms with van der Waals surface area (Å²) in [6, 6.07) is 4.05. The van der Waals surface area contributed by atoms with Gasteiger partial charge in [0.25, 0.3) is 0 Å². The monoisotopic (exact) mass is 209 g/mol. The van der Waals surface area contributed by atoms with Crippen LogP contribution in [0.5, 0.6) is 0 Å². The van der Waals surface area contributed by atoms with Gasteiger partial charge in [0.05, 0.1) is 0 Å². The van der Waals surface area contributed by atoms with Crippen molar-refractivity contribution in [1.29, 1.82) is 5.26 Å². The number of rotatable bonds is 2. The molecule has 0 unspecified atom stereocenters. The van der Waals surface area contributed by atoms with Gasteiger partial charge in [0, 0.05) is 11.6 Å². The van der Waals surface area contributed by atoms with Crippen molar-refractivity contribution < 1.29 is 18.7 Å². The highest BCUT2D eigenvalue weighted by atomic mass is 19.1. The van der Waals surface area contributed by atoms with Gasteiger partial charge in [-0.3, -0.25) is 0 Å². The van der Waals surface area contributed by atoms with Crippen LogP contribution in [0, 0.1) is 23.0 Å². The second-order valence-corrected chi connectivity index (χ2v) is 2.64. The molecule has 0 saturated heterocycles. The van der Waals surface area contributed by atoms with Crippen LogP contribution in [0.1, 0.15) is 5.56 Å². The Kier molecular flexibility index (Phi) is 3.13. The van der Waals surface area contributed by atoms with E-state index in [1.807, 2.05) is 0 Å². The Morgan fingerprint density at radius 1 is 1.47 bits per heavy atom. The number of benzene rings is 1. The number of aliphatic carboxylic acids is 1. The maximum Gasteiger partial charge on any atom is 0.346 e. The molecule has 0 heterocycles. The van der Waals surface area contributed by atoms with Crippen molar-refractivity contribution in [2.24, 2.45) is 0 Å². The molecule has 5 heteroatoms. The minimum absolute atomic E-state index is 0.143. The summed E-state index contributed by atoms with van der Waals surface area (Å²) in [5.74, 6) is -3.14. The number of carboxylic acid groups (broad SMARTS) is 1. The molecule has 0 aromatic heterocycles. The first-order valence-electron chi connectivity index (χ1n) is 3.84. The summed E-state index contributed by atoms with van der Waals surface area (Å²) < 4.78 is 25.5. The Balaban J connectivity index is 3.19. The van der Waals surface area contributed by atoms with Crippen LogP contribution in [0.25, 0.3) is 6.08 Å². The van der Waals surface area contributed by atoms with Crippen molar-refractivity contribution in [3.63, 3.8) is 0 Å². The van der Waals surface area contributed by atoms with Gasteiger partial charge in [0.2, 0.25) is 0 Å². The summed E-state index contributed by atoms with van der Waals surface area (Å²) in [4.78, 5) is 10.4. The summed E-state index contributed by atoms with van der Waals surface area (Å²) in [7, 11) is 0. The van der Waals surface area contributed by atoms with E-state index in [2.05, 4.69) is 0 Å². The molecule has 0 aliphatic heterocycles. The first-order valence-corrected chi connectivity index (χ1v) is 3.84. The van der Waals surface area contributed by atoms with Gasteiger partial charge in [-0.15, -0.1) is 0 Å². The van der Waals surface area contributed by atoms with Crippen LogP contribution in [-0.2, 0) is 4.79 Å². The lowest BCUT2D eigenvalue weighted by atomic mass is 10.1. The molecule has 1 aromatic carbocycles. The van der Waals surface area contributed by atoms with Crippen LogP contribution < -0.4 is 0 Å². The van der Waals surface area contributed by atoms with Crippen LogP contribution in [0.4, 0.5) is 8.78 Å². The fraction of sp³-hybridized carbons (Fsp3) is 0. The average molecular weight is 209 g/mol. The largest absolute Gasteiger partial charge is 0.477 e. The molecule has 0 saturated carbocycles. The van der Waals surface area contributed by atoms with Gasteiger partial charge in [-0.25, -0.2) is 13.6 Å². The molecule has 0 aliphatic carbocycles. The fourth-order valence-electron chi connectivity index (χ4n) is 0.916. The number of carbonyl (C=O) groups is 1. The summed E-state index contributed by atoms with van der Waals surface area (Å²) in [6.07, 6.45) is 0.844. The van der Waals surface area contributed by atoms with Gasteiger partial charge < -0.3 is 5.11 Å². The molecular formula is C10H5F2NO2. The van der Waals surface area contributed by atoms with E-state index in [4.69, 9.17) is 10.4 Å². The first kappa shape index (κ1) is 10.9. The normalized spacial score (nSPS) is 10.9.